The Morgan fingerprint density at radius 3 is 2.58 bits per heavy atom. The van der Waals surface area contributed by atoms with Crippen molar-refractivity contribution in [3.8, 4) is 0 Å². The highest BCUT2D eigenvalue weighted by Crippen LogP contribution is 2.18. The summed E-state index contributed by atoms with van der Waals surface area (Å²) in [7, 11) is 3.45. The van der Waals surface area contributed by atoms with Gasteiger partial charge in [0.25, 0.3) is 5.91 Å². The number of hydrogen-bond donors (Lipinski definition) is 1. The summed E-state index contributed by atoms with van der Waals surface area (Å²) in [5.74, 6) is 0.669. The van der Waals surface area contributed by atoms with E-state index in [0.717, 1.165) is 17.9 Å². The zero-order valence-corrected chi connectivity index (χ0v) is 15.3. The molecular formula is C20H23N5O. The molecule has 2 heterocycles. The molecule has 1 amide bonds. The minimum absolute atomic E-state index is 0.0562. The highest BCUT2D eigenvalue weighted by molar-refractivity contribution is 5.93. The second-order valence-corrected chi connectivity index (χ2v) is 6.45. The normalized spacial score (nSPS) is 11.8. The molecule has 1 N–H and O–H groups in total. The molecule has 6 heteroatoms. The van der Waals surface area contributed by atoms with E-state index in [-0.39, 0.29) is 11.9 Å². The zero-order valence-electron chi connectivity index (χ0n) is 15.3. The molecule has 1 atom stereocenters. The van der Waals surface area contributed by atoms with Crippen LogP contribution in [-0.2, 0) is 6.54 Å². The van der Waals surface area contributed by atoms with E-state index in [1.165, 1.54) is 10.5 Å². The van der Waals surface area contributed by atoms with Crippen molar-refractivity contribution < 1.29 is 4.79 Å². The quantitative estimate of drug-likeness (QED) is 0.742. The van der Waals surface area contributed by atoms with Gasteiger partial charge in [0.2, 0.25) is 0 Å². The van der Waals surface area contributed by atoms with Gasteiger partial charge < -0.3 is 10.2 Å². The summed E-state index contributed by atoms with van der Waals surface area (Å²) in [6.45, 7) is 2.80. The average molecular weight is 349 g/mol. The number of rotatable bonds is 6. The number of pyridine rings is 1. The van der Waals surface area contributed by atoms with E-state index < -0.39 is 0 Å². The zero-order chi connectivity index (χ0) is 18.5. The summed E-state index contributed by atoms with van der Waals surface area (Å²) in [6.07, 6.45) is 5.50. The number of benzene rings is 1. The fraction of sp³-hybridized carbons (Fsp3) is 0.250. The molecule has 26 heavy (non-hydrogen) atoms. The fourth-order valence-corrected chi connectivity index (χ4v) is 2.63. The van der Waals surface area contributed by atoms with Crippen molar-refractivity contribution in [3.63, 3.8) is 0 Å². The second kappa shape index (κ2) is 7.82. The molecule has 3 rings (SSSR count). The van der Waals surface area contributed by atoms with Crippen molar-refractivity contribution in [1.82, 2.24) is 19.7 Å². The van der Waals surface area contributed by atoms with E-state index in [4.69, 9.17) is 0 Å². The van der Waals surface area contributed by atoms with Gasteiger partial charge in [0.05, 0.1) is 24.3 Å². The predicted molar refractivity (Wildman–Crippen MR) is 102 cm³/mol. The molecule has 1 unspecified atom stereocenters. The first kappa shape index (κ1) is 17.7. The Balaban J connectivity index is 1.63. The SMILES string of the molecule is CC(Nc1ccc(C(=O)N(C)C)cn1)c1cnn(Cc2ccccc2)c1. The monoisotopic (exact) mass is 349 g/mol. The van der Waals surface area contributed by atoms with Crippen LogP contribution in [0.5, 0.6) is 0 Å². The molecule has 1 aromatic carbocycles. The number of carbonyl (C=O) groups excluding carboxylic acids is 1. The van der Waals surface area contributed by atoms with Gasteiger partial charge >= 0.3 is 0 Å². The van der Waals surface area contributed by atoms with E-state index >= 15 is 0 Å². The first-order chi connectivity index (χ1) is 12.5. The summed E-state index contributed by atoms with van der Waals surface area (Å²) in [6, 6.07) is 13.9. The predicted octanol–water partition coefficient (Wildman–Crippen LogP) is 3.20. The van der Waals surface area contributed by atoms with E-state index in [2.05, 4.69) is 34.5 Å². The Morgan fingerprint density at radius 2 is 1.92 bits per heavy atom. The number of amides is 1. The largest absolute Gasteiger partial charge is 0.363 e. The molecule has 0 aliphatic rings. The van der Waals surface area contributed by atoms with Crippen LogP contribution in [0, 0.1) is 0 Å². The Bertz CT molecular complexity index is 855. The standard InChI is InChI=1S/C20H23N5O/c1-15(23-19-10-9-17(11-21-19)20(26)24(2)3)18-12-22-25(14-18)13-16-7-5-4-6-8-16/h4-12,14-15H,13H2,1-3H3,(H,21,23). The molecule has 0 saturated carbocycles. The summed E-state index contributed by atoms with van der Waals surface area (Å²) >= 11 is 0. The lowest BCUT2D eigenvalue weighted by molar-refractivity contribution is 0.0827. The molecular weight excluding hydrogens is 326 g/mol. The molecule has 2 aromatic heterocycles. The van der Waals surface area contributed by atoms with E-state index in [0.29, 0.717) is 5.56 Å². The number of nitrogens with zero attached hydrogens (tertiary/aromatic N) is 4. The Kier molecular flexibility index (Phi) is 5.31. The summed E-state index contributed by atoms with van der Waals surface area (Å²) in [4.78, 5) is 17.8. The van der Waals surface area contributed by atoms with Crippen molar-refractivity contribution in [2.24, 2.45) is 0 Å². The van der Waals surface area contributed by atoms with Gasteiger partial charge in [-0.15, -0.1) is 0 Å². The molecule has 134 valence electrons. The highest BCUT2D eigenvalue weighted by Gasteiger charge is 2.11. The van der Waals surface area contributed by atoms with Crippen LogP contribution >= 0.6 is 0 Å². The van der Waals surface area contributed by atoms with Crippen LogP contribution in [0.1, 0.15) is 34.5 Å². The van der Waals surface area contributed by atoms with Crippen LogP contribution < -0.4 is 5.32 Å². The number of nitrogens with one attached hydrogen (secondary N) is 1. The number of carbonyl (C=O) groups is 1. The molecule has 0 bridgehead atoms. The topological polar surface area (TPSA) is 63.1 Å². The van der Waals surface area contributed by atoms with E-state index in [1.54, 1.807) is 26.4 Å². The van der Waals surface area contributed by atoms with Gasteiger partial charge in [0, 0.05) is 32.1 Å². The third-order valence-electron chi connectivity index (χ3n) is 4.12. The molecule has 0 radical (unpaired) electrons. The molecule has 0 aliphatic heterocycles. The lowest BCUT2D eigenvalue weighted by Gasteiger charge is -2.14. The lowest BCUT2D eigenvalue weighted by atomic mass is 10.2. The summed E-state index contributed by atoms with van der Waals surface area (Å²) in [5.41, 5.74) is 2.87. The van der Waals surface area contributed by atoms with Crippen molar-refractivity contribution >= 4 is 11.7 Å². The van der Waals surface area contributed by atoms with Crippen LogP contribution in [0.15, 0.2) is 61.1 Å². The van der Waals surface area contributed by atoms with Crippen molar-refractivity contribution in [2.45, 2.75) is 19.5 Å². The Morgan fingerprint density at radius 1 is 1.15 bits per heavy atom. The molecule has 0 aliphatic carbocycles. The lowest BCUT2D eigenvalue weighted by Crippen LogP contribution is -2.21. The van der Waals surface area contributed by atoms with E-state index in [1.807, 2.05) is 41.3 Å². The van der Waals surface area contributed by atoms with Gasteiger partial charge in [0.15, 0.2) is 0 Å². The Hall–Kier alpha value is -3.15. The van der Waals surface area contributed by atoms with Crippen molar-refractivity contribution in [3.05, 3.63) is 77.7 Å². The minimum atomic E-state index is -0.0562. The Labute approximate surface area is 153 Å². The smallest absolute Gasteiger partial charge is 0.254 e. The molecule has 0 fully saturated rings. The maximum atomic E-state index is 11.9. The van der Waals surface area contributed by atoms with Gasteiger partial charge in [-0.3, -0.25) is 9.48 Å². The van der Waals surface area contributed by atoms with Gasteiger partial charge in [-0.05, 0) is 24.6 Å². The van der Waals surface area contributed by atoms with Gasteiger partial charge in [-0.1, -0.05) is 30.3 Å². The third-order valence-corrected chi connectivity index (χ3v) is 4.12. The molecule has 3 aromatic rings. The third kappa shape index (κ3) is 4.27. The van der Waals surface area contributed by atoms with Crippen molar-refractivity contribution in [2.75, 3.05) is 19.4 Å². The maximum absolute atomic E-state index is 11.9. The van der Waals surface area contributed by atoms with Gasteiger partial charge in [-0.25, -0.2) is 4.98 Å². The molecule has 6 nitrogen and oxygen atoms in total. The van der Waals surface area contributed by atoms with Crippen molar-refractivity contribution in [1.29, 1.82) is 0 Å². The first-order valence-electron chi connectivity index (χ1n) is 8.53. The summed E-state index contributed by atoms with van der Waals surface area (Å²) < 4.78 is 1.93. The first-order valence-corrected chi connectivity index (χ1v) is 8.53. The van der Waals surface area contributed by atoms with Crippen LogP contribution in [-0.4, -0.2) is 39.7 Å². The number of hydrogen-bond acceptors (Lipinski definition) is 4. The molecule has 0 saturated heterocycles. The average Bonchev–Trinajstić information content (AvgIpc) is 3.11. The fourth-order valence-electron chi connectivity index (χ4n) is 2.63. The number of aromatic nitrogens is 3. The minimum Gasteiger partial charge on any atom is -0.363 e. The van der Waals surface area contributed by atoms with Crippen LogP contribution in [0.4, 0.5) is 5.82 Å². The second-order valence-electron chi connectivity index (χ2n) is 6.45. The molecule has 0 spiro atoms. The highest BCUT2D eigenvalue weighted by atomic mass is 16.2. The van der Waals surface area contributed by atoms with E-state index in [9.17, 15) is 4.79 Å². The number of anilines is 1. The van der Waals surface area contributed by atoms with Gasteiger partial charge in [-0.2, -0.15) is 5.10 Å². The van der Waals surface area contributed by atoms with Gasteiger partial charge in [0.1, 0.15) is 5.82 Å². The maximum Gasteiger partial charge on any atom is 0.254 e. The van der Waals surface area contributed by atoms with Crippen LogP contribution in [0.3, 0.4) is 0 Å². The summed E-state index contributed by atoms with van der Waals surface area (Å²) in [5, 5.41) is 7.78. The van der Waals surface area contributed by atoms with Crippen LogP contribution in [0.2, 0.25) is 0 Å². The van der Waals surface area contributed by atoms with Crippen LogP contribution in [0.25, 0.3) is 0 Å².